The van der Waals surface area contributed by atoms with Gasteiger partial charge in [-0.15, -0.1) is 0 Å². The third-order valence-corrected chi connectivity index (χ3v) is 3.19. The van der Waals surface area contributed by atoms with Gasteiger partial charge in [0.1, 0.15) is 18.1 Å². The standard InChI is InChI=1S/C10H9BrN4O4/c11-6-3-5(15(18)19)4-12-9(6)13-7-1-2-8(16)14-10(7)17/h3-4,7H,1-2H2,(H,12,13)(H,14,16,17). The Morgan fingerprint density at radius 3 is 2.84 bits per heavy atom. The van der Waals surface area contributed by atoms with Crippen molar-refractivity contribution < 1.29 is 14.5 Å². The Bertz CT molecular complexity index is 562. The molecule has 1 saturated heterocycles. The first-order chi connectivity index (χ1) is 8.97. The van der Waals surface area contributed by atoms with Crippen molar-refractivity contribution in [3.8, 4) is 0 Å². The number of halogens is 1. The Morgan fingerprint density at radius 2 is 2.26 bits per heavy atom. The monoisotopic (exact) mass is 328 g/mol. The number of carbonyl (C=O) groups is 2. The molecule has 2 N–H and O–H groups in total. The second kappa shape index (κ2) is 5.31. The summed E-state index contributed by atoms with van der Waals surface area (Å²) >= 11 is 3.15. The summed E-state index contributed by atoms with van der Waals surface area (Å²) in [6, 6.07) is 0.712. The second-order valence-electron chi connectivity index (χ2n) is 3.93. The number of aromatic nitrogens is 1. The average molecular weight is 329 g/mol. The SMILES string of the molecule is O=C1CCC(Nc2ncc([N+](=O)[O-])cc2Br)C(=O)N1. The highest BCUT2D eigenvalue weighted by atomic mass is 79.9. The summed E-state index contributed by atoms with van der Waals surface area (Å²) in [5.41, 5.74) is -0.152. The zero-order valence-electron chi connectivity index (χ0n) is 9.55. The van der Waals surface area contributed by atoms with Crippen molar-refractivity contribution in [3.63, 3.8) is 0 Å². The smallest absolute Gasteiger partial charge is 0.288 e. The van der Waals surface area contributed by atoms with Crippen molar-refractivity contribution in [1.29, 1.82) is 0 Å². The van der Waals surface area contributed by atoms with Gasteiger partial charge < -0.3 is 5.32 Å². The maximum absolute atomic E-state index is 11.5. The highest BCUT2D eigenvalue weighted by molar-refractivity contribution is 9.10. The molecule has 0 aliphatic carbocycles. The summed E-state index contributed by atoms with van der Waals surface area (Å²) in [7, 11) is 0. The quantitative estimate of drug-likeness (QED) is 0.485. The molecule has 1 aromatic heterocycles. The van der Waals surface area contributed by atoms with E-state index in [0.29, 0.717) is 16.7 Å². The number of imide groups is 1. The van der Waals surface area contributed by atoms with Crippen molar-refractivity contribution in [2.24, 2.45) is 0 Å². The minimum absolute atomic E-state index is 0.152. The van der Waals surface area contributed by atoms with Crippen LogP contribution in [0, 0.1) is 10.1 Å². The molecule has 1 aliphatic rings. The number of nitrogens with one attached hydrogen (secondary N) is 2. The fourth-order valence-corrected chi connectivity index (χ4v) is 2.08. The van der Waals surface area contributed by atoms with E-state index in [1.165, 1.54) is 6.07 Å². The van der Waals surface area contributed by atoms with Crippen LogP contribution >= 0.6 is 15.9 Å². The van der Waals surface area contributed by atoms with Crippen molar-refractivity contribution in [2.45, 2.75) is 18.9 Å². The average Bonchev–Trinajstić information content (AvgIpc) is 2.34. The summed E-state index contributed by atoms with van der Waals surface area (Å²) in [6.45, 7) is 0. The van der Waals surface area contributed by atoms with E-state index in [2.05, 4.69) is 31.5 Å². The third-order valence-electron chi connectivity index (χ3n) is 2.59. The zero-order chi connectivity index (χ0) is 14.0. The summed E-state index contributed by atoms with van der Waals surface area (Å²) in [4.78, 5) is 36.4. The molecular weight excluding hydrogens is 320 g/mol. The van der Waals surface area contributed by atoms with E-state index in [-0.39, 0.29) is 18.0 Å². The number of hydrogen-bond donors (Lipinski definition) is 2. The fraction of sp³-hybridized carbons (Fsp3) is 0.300. The van der Waals surface area contributed by atoms with Crippen LogP contribution in [0.1, 0.15) is 12.8 Å². The largest absolute Gasteiger partial charge is 0.357 e. The number of rotatable bonds is 3. The Kier molecular flexibility index (Phi) is 3.74. The molecule has 1 fully saturated rings. The Balaban J connectivity index is 2.13. The van der Waals surface area contributed by atoms with E-state index in [0.717, 1.165) is 6.20 Å². The number of carbonyl (C=O) groups excluding carboxylic acids is 2. The van der Waals surface area contributed by atoms with Crippen LogP contribution < -0.4 is 10.6 Å². The lowest BCUT2D eigenvalue weighted by molar-refractivity contribution is -0.385. The van der Waals surface area contributed by atoms with E-state index in [1.54, 1.807) is 0 Å². The van der Waals surface area contributed by atoms with Crippen LogP contribution in [0.25, 0.3) is 0 Å². The highest BCUT2D eigenvalue weighted by Gasteiger charge is 2.27. The molecule has 2 rings (SSSR count). The molecule has 100 valence electrons. The van der Waals surface area contributed by atoms with Gasteiger partial charge in [0, 0.05) is 12.5 Å². The number of pyridine rings is 1. The lowest BCUT2D eigenvalue weighted by Crippen LogP contribution is -2.47. The van der Waals surface area contributed by atoms with E-state index in [4.69, 9.17) is 0 Å². The van der Waals surface area contributed by atoms with Crippen LogP contribution in [0.3, 0.4) is 0 Å². The zero-order valence-corrected chi connectivity index (χ0v) is 11.1. The maximum atomic E-state index is 11.5. The van der Waals surface area contributed by atoms with E-state index in [9.17, 15) is 19.7 Å². The van der Waals surface area contributed by atoms with Gasteiger partial charge in [0.15, 0.2) is 0 Å². The number of nitrogens with zero attached hydrogens (tertiary/aromatic N) is 2. The first-order valence-corrected chi connectivity index (χ1v) is 6.17. The van der Waals surface area contributed by atoms with Gasteiger partial charge in [-0.1, -0.05) is 0 Å². The maximum Gasteiger partial charge on any atom is 0.288 e. The molecule has 2 amide bonds. The number of piperidine rings is 1. The molecule has 0 aromatic carbocycles. The Morgan fingerprint density at radius 1 is 1.53 bits per heavy atom. The van der Waals surface area contributed by atoms with Gasteiger partial charge in [-0.3, -0.25) is 25.0 Å². The lowest BCUT2D eigenvalue weighted by Gasteiger charge is -2.22. The van der Waals surface area contributed by atoms with Gasteiger partial charge in [0.25, 0.3) is 5.69 Å². The molecule has 1 aliphatic heterocycles. The van der Waals surface area contributed by atoms with Crippen LogP contribution in [-0.2, 0) is 9.59 Å². The molecule has 2 heterocycles. The van der Waals surface area contributed by atoms with Crippen LogP contribution in [0.5, 0.6) is 0 Å². The second-order valence-corrected chi connectivity index (χ2v) is 4.78. The summed E-state index contributed by atoms with van der Waals surface area (Å²) < 4.78 is 0.381. The molecule has 0 radical (unpaired) electrons. The molecule has 0 saturated carbocycles. The lowest BCUT2D eigenvalue weighted by atomic mass is 10.1. The number of amides is 2. The third kappa shape index (κ3) is 3.05. The van der Waals surface area contributed by atoms with E-state index >= 15 is 0 Å². The van der Waals surface area contributed by atoms with Gasteiger partial charge in [-0.25, -0.2) is 4.98 Å². The minimum atomic E-state index is -0.581. The van der Waals surface area contributed by atoms with Crippen molar-refractivity contribution in [3.05, 3.63) is 26.9 Å². The summed E-state index contributed by atoms with van der Waals surface area (Å²) in [5, 5.41) is 15.6. The molecule has 8 nitrogen and oxygen atoms in total. The molecule has 1 unspecified atom stereocenters. The molecule has 0 bridgehead atoms. The molecular formula is C10H9BrN4O4. The molecule has 1 atom stereocenters. The molecule has 19 heavy (non-hydrogen) atoms. The molecule has 0 spiro atoms. The van der Waals surface area contributed by atoms with Crippen LogP contribution in [-0.4, -0.2) is 27.8 Å². The van der Waals surface area contributed by atoms with Crippen LogP contribution in [0.15, 0.2) is 16.7 Å². The van der Waals surface area contributed by atoms with E-state index in [1.807, 2.05) is 0 Å². The van der Waals surface area contributed by atoms with Crippen LogP contribution in [0.2, 0.25) is 0 Å². The number of anilines is 1. The number of nitro groups is 1. The van der Waals surface area contributed by atoms with Crippen molar-refractivity contribution in [1.82, 2.24) is 10.3 Å². The molecule has 9 heteroatoms. The normalized spacial score (nSPS) is 18.9. The Hall–Kier alpha value is -2.03. The van der Waals surface area contributed by atoms with E-state index < -0.39 is 16.9 Å². The number of hydrogen-bond acceptors (Lipinski definition) is 6. The van der Waals surface area contributed by atoms with Crippen molar-refractivity contribution >= 4 is 39.2 Å². The van der Waals surface area contributed by atoms with Gasteiger partial charge in [-0.2, -0.15) is 0 Å². The topological polar surface area (TPSA) is 114 Å². The van der Waals surface area contributed by atoms with Gasteiger partial charge >= 0.3 is 0 Å². The summed E-state index contributed by atoms with van der Waals surface area (Å²) in [6.07, 6.45) is 1.70. The predicted octanol–water partition coefficient (Wildman–Crippen LogP) is 0.969. The van der Waals surface area contributed by atoms with Gasteiger partial charge in [0.05, 0.1) is 9.40 Å². The molecule has 1 aromatic rings. The van der Waals surface area contributed by atoms with Crippen molar-refractivity contribution in [2.75, 3.05) is 5.32 Å². The minimum Gasteiger partial charge on any atom is -0.357 e. The Labute approximate surface area is 115 Å². The first kappa shape index (κ1) is 13.4. The first-order valence-electron chi connectivity index (χ1n) is 5.37. The van der Waals surface area contributed by atoms with Gasteiger partial charge in [-0.05, 0) is 22.4 Å². The highest BCUT2D eigenvalue weighted by Crippen LogP contribution is 2.25. The van der Waals surface area contributed by atoms with Gasteiger partial charge in [0.2, 0.25) is 11.8 Å². The van der Waals surface area contributed by atoms with Crippen LogP contribution in [0.4, 0.5) is 11.5 Å². The summed E-state index contributed by atoms with van der Waals surface area (Å²) in [5.74, 6) is -0.415. The fourth-order valence-electron chi connectivity index (χ4n) is 1.63. The predicted molar refractivity (Wildman–Crippen MR) is 68.4 cm³/mol.